The van der Waals surface area contributed by atoms with Gasteiger partial charge in [0.2, 0.25) is 0 Å². The number of benzene rings is 2. The van der Waals surface area contributed by atoms with Gasteiger partial charge in [-0.25, -0.2) is 18.4 Å². The summed E-state index contributed by atoms with van der Waals surface area (Å²) in [7, 11) is -2.66. The van der Waals surface area contributed by atoms with E-state index in [1.807, 2.05) is 6.92 Å². The average molecular weight is 691 g/mol. The quantitative estimate of drug-likeness (QED) is 0.222. The molecule has 2 aromatic rings. The number of carboxylic acids is 1. The maximum atomic E-state index is 14.5. The number of hydrogen-bond acceptors (Lipinski definition) is 6. The van der Waals surface area contributed by atoms with E-state index in [4.69, 9.17) is 13.9 Å². The van der Waals surface area contributed by atoms with Crippen LogP contribution in [0.3, 0.4) is 0 Å². The van der Waals surface area contributed by atoms with Crippen molar-refractivity contribution in [3.8, 4) is 0 Å². The van der Waals surface area contributed by atoms with Gasteiger partial charge in [-0.05, 0) is 107 Å². The zero-order valence-corrected chi connectivity index (χ0v) is 30.9. The fourth-order valence-electron chi connectivity index (χ4n) is 5.54. The number of halogens is 2. The van der Waals surface area contributed by atoms with E-state index < -0.39 is 61.7 Å². The molecule has 12 heteroatoms. The Labute approximate surface area is 284 Å². The molecule has 0 aliphatic carbocycles. The smallest absolute Gasteiger partial charge is 0.410 e. The van der Waals surface area contributed by atoms with Crippen LogP contribution in [0.4, 0.5) is 13.6 Å². The molecule has 266 valence electrons. The summed E-state index contributed by atoms with van der Waals surface area (Å²) in [5.74, 6) is -3.32. The van der Waals surface area contributed by atoms with Crippen molar-refractivity contribution in [1.82, 2.24) is 10.2 Å². The average Bonchev–Trinajstić information content (AvgIpc) is 3.36. The molecule has 1 saturated heterocycles. The predicted octanol–water partition coefficient (Wildman–Crippen LogP) is 7.51. The number of nitrogens with one attached hydrogen (secondary N) is 1. The van der Waals surface area contributed by atoms with Crippen LogP contribution >= 0.6 is 0 Å². The molecule has 4 atom stereocenters. The Balaban J connectivity index is 2.21. The topological polar surface area (TPSA) is 114 Å². The van der Waals surface area contributed by atoms with Crippen molar-refractivity contribution >= 4 is 26.3 Å². The first-order valence-corrected chi connectivity index (χ1v) is 19.4. The number of ether oxygens (including phenoxy) is 2. The normalized spacial score (nSPS) is 18.4. The zero-order valence-electron chi connectivity index (χ0n) is 29.9. The molecule has 1 aliphatic heterocycles. The van der Waals surface area contributed by atoms with Crippen LogP contribution in [0.2, 0.25) is 18.1 Å². The lowest BCUT2D eigenvalue weighted by molar-refractivity contribution is 0.000335. The van der Waals surface area contributed by atoms with Crippen LogP contribution in [0, 0.1) is 18.6 Å². The summed E-state index contributed by atoms with van der Waals surface area (Å²) in [6, 6.07) is 5.93. The molecule has 9 nitrogen and oxygen atoms in total. The molecule has 1 heterocycles. The van der Waals surface area contributed by atoms with Crippen LogP contribution in [0.1, 0.15) is 93.2 Å². The Morgan fingerprint density at radius 2 is 1.60 bits per heavy atom. The lowest BCUT2D eigenvalue weighted by Crippen LogP contribution is -2.60. The van der Waals surface area contributed by atoms with Crippen LogP contribution in [-0.4, -0.2) is 79.3 Å². The summed E-state index contributed by atoms with van der Waals surface area (Å²) in [6.07, 6.45) is -0.674. The van der Waals surface area contributed by atoms with Gasteiger partial charge in [0.25, 0.3) is 5.91 Å². The van der Waals surface area contributed by atoms with Crippen LogP contribution in [0.15, 0.2) is 36.4 Å². The van der Waals surface area contributed by atoms with E-state index in [9.17, 15) is 28.3 Å². The summed E-state index contributed by atoms with van der Waals surface area (Å²) in [4.78, 5) is 41.1. The highest BCUT2D eigenvalue weighted by Crippen LogP contribution is 2.40. The molecule has 0 bridgehead atoms. The van der Waals surface area contributed by atoms with Crippen molar-refractivity contribution < 1.29 is 42.2 Å². The second-order valence-corrected chi connectivity index (χ2v) is 20.0. The SMILES string of the molecule is CCCO[C@@H]1C[C@H]([C@H](O[Si](C)(C)C(C)(C)C)[C@H](Cc2cc(F)cc(F)c2)NC(=O)c2cc(C)cc(C(=O)O)c2)N(C(=O)OC(C)(C)C)C1. The van der Waals surface area contributed by atoms with Crippen molar-refractivity contribution in [3.05, 3.63) is 70.3 Å². The maximum absolute atomic E-state index is 14.5. The highest BCUT2D eigenvalue weighted by Gasteiger charge is 2.49. The Hall–Kier alpha value is -3.35. The molecule has 48 heavy (non-hydrogen) atoms. The summed E-state index contributed by atoms with van der Waals surface area (Å²) in [5.41, 5.74) is 0.104. The van der Waals surface area contributed by atoms with Crippen molar-refractivity contribution in [3.63, 3.8) is 0 Å². The molecule has 2 N–H and O–H groups in total. The molecular weight excluding hydrogens is 638 g/mol. The molecule has 0 spiro atoms. The molecule has 0 unspecified atom stereocenters. The Morgan fingerprint density at radius 3 is 2.15 bits per heavy atom. The predicted molar refractivity (Wildman–Crippen MR) is 183 cm³/mol. The minimum Gasteiger partial charge on any atom is -0.478 e. The lowest BCUT2D eigenvalue weighted by atomic mass is 9.94. The monoisotopic (exact) mass is 690 g/mol. The van der Waals surface area contributed by atoms with E-state index in [2.05, 4.69) is 39.2 Å². The second-order valence-electron chi connectivity index (χ2n) is 15.2. The van der Waals surface area contributed by atoms with Crippen LogP contribution < -0.4 is 5.32 Å². The fraction of sp³-hybridized carbons (Fsp3) is 0.583. The number of aryl methyl sites for hydroxylation is 1. The van der Waals surface area contributed by atoms with Crippen molar-refractivity contribution in [2.45, 2.75) is 123 Å². The first kappa shape index (κ1) is 39.1. The fourth-order valence-corrected chi connectivity index (χ4v) is 6.90. The second kappa shape index (κ2) is 15.5. The summed E-state index contributed by atoms with van der Waals surface area (Å²) < 4.78 is 48.1. The third kappa shape index (κ3) is 10.6. The molecule has 2 aromatic carbocycles. The minimum absolute atomic E-state index is 0.0452. The van der Waals surface area contributed by atoms with E-state index in [0.717, 1.165) is 12.5 Å². The number of rotatable bonds is 12. The number of carboxylic acid groups (broad SMARTS) is 1. The van der Waals surface area contributed by atoms with Gasteiger partial charge < -0.3 is 24.3 Å². The van der Waals surface area contributed by atoms with Crippen molar-refractivity contribution in [1.29, 1.82) is 0 Å². The standard InChI is InChI=1S/C36H52F2N2O7Si/c1-11-12-45-28-20-30(40(21-28)34(44)46-35(3,4)5)31(47-48(9,10)36(6,7)8)29(17-23-15-26(37)19-27(38)16-23)39-32(41)24-13-22(2)14-25(18-24)33(42)43/h13-16,18-19,28-31H,11-12,17,20-21H2,1-10H3,(H,39,41)(H,42,43)/t28-,29+,30-,31-/m1/s1. The zero-order chi connectivity index (χ0) is 36.2. The molecule has 3 rings (SSSR count). The Bertz CT molecular complexity index is 1450. The summed E-state index contributed by atoms with van der Waals surface area (Å²) in [5, 5.41) is 12.4. The number of carbonyl (C=O) groups excluding carboxylic acids is 2. The van der Waals surface area contributed by atoms with Gasteiger partial charge in [0, 0.05) is 18.2 Å². The van der Waals surface area contributed by atoms with Crippen LogP contribution in [-0.2, 0) is 20.3 Å². The van der Waals surface area contributed by atoms with Gasteiger partial charge in [0.1, 0.15) is 17.2 Å². The molecule has 2 amide bonds. The number of carbonyl (C=O) groups is 3. The highest BCUT2D eigenvalue weighted by molar-refractivity contribution is 6.74. The van der Waals surface area contributed by atoms with E-state index in [1.165, 1.54) is 24.3 Å². The van der Waals surface area contributed by atoms with Gasteiger partial charge in [-0.2, -0.15) is 0 Å². The molecular formula is C36H52F2N2O7Si. The Kier molecular flexibility index (Phi) is 12.6. The van der Waals surface area contributed by atoms with Gasteiger partial charge in [-0.15, -0.1) is 0 Å². The molecule has 1 fully saturated rings. The third-order valence-corrected chi connectivity index (χ3v) is 13.3. The number of amides is 2. The first-order chi connectivity index (χ1) is 22.1. The van der Waals surface area contributed by atoms with E-state index in [1.54, 1.807) is 38.7 Å². The molecule has 1 aliphatic rings. The summed E-state index contributed by atoms with van der Waals surface area (Å²) in [6.45, 7) is 20.0. The van der Waals surface area contributed by atoms with E-state index in [0.29, 0.717) is 18.6 Å². The van der Waals surface area contributed by atoms with Crippen LogP contribution in [0.5, 0.6) is 0 Å². The van der Waals surface area contributed by atoms with Crippen molar-refractivity contribution in [2.75, 3.05) is 13.2 Å². The van der Waals surface area contributed by atoms with Gasteiger partial charge in [-0.1, -0.05) is 27.7 Å². The van der Waals surface area contributed by atoms with Gasteiger partial charge >= 0.3 is 12.1 Å². The van der Waals surface area contributed by atoms with E-state index in [-0.39, 0.29) is 40.8 Å². The number of nitrogens with zero attached hydrogens (tertiary/aromatic N) is 1. The first-order valence-electron chi connectivity index (χ1n) is 16.5. The van der Waals surface area contributed by atoms with E-state index >= 15 is 0 Å². The van der Waals surface area contributed by atoms with Gasteiger partial charge in [0.15, 0.2) is 8.32 Å². The molecule has 0 aromatic heterocycles. The summed E-state index contributed by atoms with van der Waals surface area (Å²) >= 11 is 0. The molecule has 0 radical (unpaired) electrons. The highest BCUT2D eigenvalue weighted by atomic mass is 28.4. The largest absolute Gasteiger partial charge is 0.478 e. The third-order valence-electron chi connectivity index (χ3n) is 8.78. The maximum Gasteiger partial charge on any atom is 0.410 e. The van der Waals surface area contributed by atoms with Gasteiger partial charge in [0.05, 0.1) is 36.4 Å². The van der Waals surface area contributed by atoms with Crippen molar-refractivity contribution in [2.24, 2.45) is 0 Å². The van der Waals surface area contributed by atoms with Crippen LogP contribution in [0.25, 0.3) is 0 Å². The number of aromatic carboxylic acids is 1. The molecule has 0 saturated carbocycles. The number of likely N-dealkylation sites (tertiary alicyclic amines) is 1. The minimum atomic E-state index is -2.66. The van der Waals surface area contributed by atoms with Gasteiger partial charge in [-0.3, -0.25) is 9.69 Å². The number of hydrogen-bond donors (Lipinski definition) is 2. The lowest BCUT2D eigenvalue weighted by Gasteiger charge is -2.45. The Morgan fingerprint density at radius 1 is 1.00 bits per heavy atom.